The van der Waals surface area contributed by atoms with Crippen LogP contribution in [0.2, 0.25) is 0 Å². The average Bonchev–Trinajstić information content (AvgIpc) is 3.08. The molecule has 1 spiro atoms. The summed E-state index contributed by atoms with van der Waals surface area (Å²) in [6, 6.07) is 3.92. The third-order valence-corrected chi connectivity index (χ3v) is 6.99. The SMILES string of the molecule is CS(=O)(=O)N1CCC[C@]12CCCN(C(=O)Cc1cccs1)C2. The summed E-state index contributed by atoms with van der Waals surface area (Å²) >= 11 is 1.59. The van der Waals surface area contributed by atoms with E-state index in [-0.39, 0.29) is 11.4 Å². The Hall–Kier alpha value is -0.920. The van der Waals surface area contributed by atoms with Gasteiger partial charge in [0, 0.05) is 24.5 Å². The Bertz CT molecular complexity index is 642. The van der Waals surface area contributed by atoms with Crippen molar-refractivity contribution in [3.05, 3.63) is 22.4 Å². The number of carbonyl (C=O) groups excluding carboxylic acids is 1. The highest BCUT2D eigenvalue weighted by molar-refractivity contribution is 7.88. The van der Waals surface area contributed by atoms with Crippen molar-refractivity contribution in [2.45, 2.75) is 37.6 Å². The van der Waals surface area contributed by atoms with Crippen LogP contribution in [0.4, 0.5) is 0 Å². The largest absolute Gasteiger partial charge is 0.340 e. The maximum Gasteiger partial charge on any atom is 0.227 e. The van der Waals surface area contributed by atoms with E-state index in [1.165, 1.54) is 6.26 Å². The summed E-state index contributed by atoms with van der Waals surface area (Å²) in [5.74, 6) is 0.113. The molecule has 1 aromatic heterocycles. The van der Waals surface area contributed by atoms with Gasteiger partial charge in [-0.05, 0) is 37.1 Å². The topological polar surface area (TPSA) is 57.7 Å². The highest BCUT2D eigenvalue weighted by Crippen LogP contribution is 2.38. The molecule has 2 aliphatic rings. The number of hydrogen-bond acceptors (Lipinski definition) is 4. The fraction of sp³-hybridized carbons (Fsp3) is 0.667. The second-order valence-corrected chi connectivity index (χ2v) is 9.28. The molecule has 7 heteroatoms. The lowest BCUT2D eigenvalue weighted by molar-refractivity contribution is -0.133. The van der Waals surface area contributed by atoms with Crippen LogP contribution in [0.1, 0.15) is 30.6 Å². The van der Waals surface area contributed by atoms with E-state index in [1.807, 2.05) is 22.4 Å². The molecule has 22 heavy (non-hydrogen) atoms. The number of amides is 1. The number of thiophene rings is 1. The van der Waals surface area contributed by atoms with Gasteiger partial charge in [0.15, 0.2) is 0 Å². The summed E-state index contributed by atoms with van der Waals surface area (Å²) in [5.41, 5.74) is -0.364. The molecule has 3 rings (SSSR count). The summed E-state index contributed by atoms with van der Waals surface area (Å²) in [7, 11) is -3.21. The number of carbonyl (C=O) groups is 1. The van der Waals surface area contributed by atoms with E-state index in [9.17, 15) is 13.2 Å². The maximum atomic E-state index is 12.5. The molecule has 5 nitrogen and oxygen atoms in total. The molecule has 1 aromatic rings. The smallest absolute Gasteiger partial charge is 0.227 e. The number of sulfonamides is 1. The van der Waals surface area contributed by atoms with Crippen molar-refractivity contribution in [1.82, 2.24) is 9.21 Å². The van der Waals surface area contributed by atoms with E-state index < -0.39 is 10.0 Å². The van der Waals surface area contributed by atoms with Gasteiger partial charge in [-0.3, -0.25) is 4.79 Å². The first kappa shape index (κ1) is 16.0. The van der Waals surface area contributed by atoms with Gasteiger partial charge in [0.2, 0.25) is 15.9 Å². The van der Waals surface area contributed by atoms with Gasteiger partial charge in [-0.25, -0.2) is 8.42 Å². The van der Waals surface area contributed by atoms with E-state index in [1.54, 1.807) is 15.6 Å². The molecule has 0 saturated carbocycles. The van der Waals surface area contributed by atoms with Gasteiger partial charge < -0.3 is 4.90 Å². The first-order chi connectivity index (χ1) is 10.4. The fourth-order valence-corrected chi connectivity index (χ4v) is 5.94. The summed E-state index contributed by atoms with van der Waals surface area (Å²) in [5, 5.41) is 1.97. The first-order valence-electron chi connectivity index (χ1n) is 7.69. The lowest BCUT2D eigenvalue weighted by Crippen LogP contribution is -2.58. The normalized spacial score (nSPS) is 26.7. The number of rotatable bonds is 3. The molecule has 1 amide bonds. The molecule has 0 aromatic carbocycles. The minimum absolute atomic E-state index is 0.113. The number of nitrogens with zero attached hydrogens (tertiary/aromatic N) is 2. The predicted molar refractivity (Wildman–Crippen MR) is 87.4 cm³/mol. The van der Waals surface area contributed by atoms with Crippen LogP contribution in [-0.4, -0.2) is 55.0 Å². The Kier molecular flexibility index (Phi) is 4.31. The molecule has 122 valence electrons. The van der Waals surface area contributed by atoms with Gasteiger partial charge >= 0.3 is 0 Å². The number of likely N-dealkylation sites (tertiary alicyclic amines) is 1. The van der Waals surface area contributed by atoms with Crippen LogP contribution in [0.15, 0.2) is 17.5 Å². The molecule has 1 atom stereocenters. The zero-order chi connectivity index (χ0) is 15.8. The van der Waals surface area contributed by atoms with Crippen molar-refractivity contribution in [2.24, 2.45) is 0 Å². The monoisotopic (exact) mass is 342 g/mol. The quantitative estimate of drug-likeness (QED) is 0.840. The molecule has 2 fully saturated rings. The molecule has 0 aliphatic carbocycles. The Morgan fingerprint density at radius 1 is 1.32 bits per heavy atom. The summed E-state index contributed by atoms with van der Waals surface area (Å²) < 4.78 is 25.8. The minimum Gasteiger partial charge on any atom is -0.340 e. The fourth-order valence-electron chi connectivity index (χ4n) is 3.84. The Labute approximate surface area is 136 Å². The van der Waals surface area contributed by atoms with Gasteiger partial charge in [-0.1, -0.05) is 6.07 Å². The third kappa shape index (κ3) is 3.07. The number of piperidine rings is 1. The number of hydrogen-bond donors (Lipinski definition) is 0. The van der Waals surface area contributed by atoms with Crippen LogP contribution in [0.3, 0.4) is 0 Å². The van der Waals surface area contributed by atoms with Crippen molar-refractivity contribution in [2.75, 3.05) is 25.9 Å². The standard InChI is InChI=1S/C15H22N2O3S2/c1-22(19,20)17-9-4-7-15(17)6-3-8-16(12-15)14(18)11-13-5-2-10-21-13/h2,5,10H,3-4,6-9,11-12H2,1H3/t15-/m0/s1. The maximum absolute atomic E-state index is 12.5. The van der Waals surface area contributed by atoms with Crippen molar-refractivity contribution >= 4 is 27.3 Å². The molecule has 0 unspecified atom stereocenters. The summed E-state index contributed by atoms with van der Waals surface area (Å²) in [4.78, 5) is 15.5. The van der Waals surface area contributed by atoms with Gasteiger partial charge in [0.05, 0.1) is 18.2 Å². The Morgan fingerprint density at radius 2 is 2.05 bits per heavy atom. The van der Waals surface area contributed by atoms with Gasteiger partial charge in [0.25, 0.3) is 0 Å². The van der Waals surface area contributed by atoms with Crippen molar-refractivity contribution in [1.29, 1.82) is 0 Å². The van der Waals surface area contributed by atoms with Gasteiger partial charge in [0.1, 0.15) is 0 Å². The lowest BCUT2D eigenvalue weighted by atomic mass is 9.87. The molecule has 0 bridgehead atoms. The molecule has 2 aliphatic heterocycles. The molecular weight excluding hydrogens is 320 g/mol. The van der Waals surface area contributed by atoms with Crippen LogP contribution >= 0.6 is 11.3 Å². The van der Waals surface area contributed by atoms with Crippen LogP contribution in [0, 0.1) is 0 Å². The van der Waals surface area contributed by atoms with Crippen molar-refractivity contribution < 1.29 is 13.2 Å². The van der Waals surface area contributed by atoms with Crippen LogP contribution in [0.5, 0.6) is 0 Å². The van der Waals surface area contributed by atoms with Crippen LogP contribution < -0.4 is 0 Å². The highest BCUT2D eigenvalue weighted by atomic mass is 32.2. The zero-order valence-electron chi connectivity index (χ0n) is 12.8. The molecule has 0 radical (unpaired) electrons. The third-order valence-electron chi connectivity index (χ3n) is 4.75. The first-order valence-corrected chi connectivity index (χ1v) is 10.4. The van der Waals surface area contributed by atoms with Gasteiger partial charge in [-0.2, -0.15) is 4.31 Å². The van der Waals surface area contributed by atoms with E-state index in [0.717, 1.165) is 37.1 Å². The van der Waals surface area contributed by atoms with Crippen molar-refractivity contribution in [3.8, 4) is 0 Å². The van der Waals surface area contributed by atoms with E-state index in [4.69, 9.17) is 0 Å². The second kappa shape index (κ2) is 5.94. The zero-order valence-corrected chi connectivity index (χ0v) is 14.5. The molecule has 2 saturated heterocycles. The minimum atomic E-state index is -3.21. The average molecular weight is 342 g/mol. The molecule has 0 N–H and O–H groups in total. The highest BCUT2D eigenvalue weighted by Gasteiger charge is 2.48. The van der Waals surface area contributed by atoms with E-state index >= 15 is 0 Å². The van der Waals surface area contributed by atoms with E-state index in [0.29, 0.717) is 19.5 Å². The van der Waals surface area contributed by atoms with Crippen molar-refractivity contribution in [3.63, 3.8) is 0 Å². The lowest BCUT2D eigenvalue weighted by Gasteiger charge is -2.44. The van der Waals surface area contributed by atoms with Gasteiger partial charge in [-0.15, -0.1) is 11.3 Å². The summed E-state index contributed by atoms with van der Waals surface area (Å²) in [6.07, 6.45) is 5.20. The second-order valence-electron chi connectivity index (χ2n) is 6.34. The Morgan fingerprint density at radius 3 is 2.68 bits per heavy atom. The molecule has 3 heterocycles. The van der Waals surface area contributed by atoms with E-state index in [2.05, 4.69) is 0 Å². The molecular formula is C15H22N2O3S2. The Balaban J connectivity index is 1.75. The van der Waals surface area contributed by atoms with Crippen LogP contribution in [-0.2, 0) is 21.2 Å². The summed E-state index contributed by atoms with van der Waals surface area (Å²) in [6.45, 7) is 1.87. The predicted octanol–water partition coefficient (Wildman–Crippen LogP) is 1.71. The van der Waals surface area contributed by atoms with Crippen LogP contribution in [0.25, 0.3) is 0 Å².